The van der Waals surface area contributed by atoms with E-state index in [2.05, 4.69) is 0 Å². The maximum atomic E-state index is 11.4. The van der Waals surface area contributed by atoms with Crippen molar-refractivity contribution in [2.45, 2.75) is 38.0 Å². The Kier molecular flexibility index (Phi) is 3.39. The molecule has 0 atom stereocenters. The van der Waals surface area contributed by atoms with Crippen LogP contribution in [0.1, 0.15) is 31.9 Å². The highest BCUT2D eigenvalue weighted by Crippen LogP contribution is 2.34. The van der Waals surface area contributed by atoms with Crippen molar-refractivity contribution < 1.29 is 8.42 Å². The third-order valence-electron chi connectivity index (χ3n) is 2.30. The summed E-state index contributed by atoms with van der Waals surface area (Å²) in [7, 11) is -3.77. The molecule has 16 heavy (non-hydrogen) atoms. The first-order valence-corrected chi connectivity index (χ1v) is 6.79. The zero-order valence-electron chi connectivity index (χ0n) is 9.83. The molecule has 0 radical (unpaired) electrons. The quantitative estimate of drug-likeness (QED) is 0.845. The lowest BCUT2D eigenvalue weighted by Gasteiger charge is -2.22. The van der Waals surface area contributed by atoms with Crippen molar-refractivity contribution in [1.29, 1.82) is 0 Å². The van der Waals surface area contributed by atoms with Gasteiger partial charge in [0.15, 0.2) is 0 Å². The zero-order chi connectivity index (χ0) is 12.7. The van der Waals surface area contributed by atoms with Gasteiger partial charge in [-0.25, -0.2) is 13.6 Å². The van der Waals surface area contributed by atoms with E-state index in [1.54, 1.807) is 0 Å². The van der Waals surface area contributed by atoms with Crippen LogP contribution >= 0.6 is 11.6 Å². The summed E-state index contributed by atoms with van der Waals surface area (Å²) in [6, 6.07) is 3.38. The van der Waals surface area contributed by atoms with Gasteiger partial charge in [0.1, 0.15) is 4.90 Å². The van der Waals surface area contributed by atoms with Crippen LogP contribution in [0.25, 0.3) is 0 Å². The first-order chi connectivity index (χ1) is 7.03. The summed E-state index contributed by atoms with van der Waals surface area (Å²) in [5.74, 6) is 0. The zero-order valence-corrected chi connectivity index (χ0v) is 11.4. The van der Waals surface area contributed by atoms with Gasteiger partial charge in [-0.1, -0.05) is 38.4 Å². The summed E-state index contributed by atoms with van der Waals surface area (Å²) in [5, 5.41) is 5.35. The molecule has 1 aromatic carbocycles. The average Bonchev–Trinajstić information content (AvgIpc) is 2.04. The number of benzene rings is 1. The molecule has 0 aliphatic carbocycles. The molecule has 0 fully saturated rings. The van der Waals surface area contributed by atoms with Crippen molar-refractivity contribution in [1.82, 2.24) is 0 Å². The molecule has 0 aliphatic heterocycles. The fraction of sp³-hybridized carbons (Fsp3) is 0.455. The number of aryl methyl sites for hydroxylation is 1. The molecule has 0 amide bonds. The number of sulfonamides is 1. The molecular weight excluding hydrogens is 246 g/mol. The van der Waals surface area contributed by atoms with Crippen molar-refractivity contribution >= 4 is 21.6 Å². The molecule has 2 N–H and O–H groups in total. The van der Waals surface area contributed by atoms with Crippen LogP contribution in [0.3, 0.4) is 0 Å². The topological polar surface area (TPSA) is 60.2 Å². The first kappa shape index (κ1) is 13.5. The predicted octanol–water partition coefficient (Wildman–Crippen LogP) is 2.59. The summed E-state index contributed by atoms with van der Waals surface area (Å²) >= 11 is 6.09. The highest BCUT2D eigenvalue weighted by Gasteiger charge is 2.23. The largest absolute Gasteiger partial charge is 0.239 e. The van der Waals surface area contributed by atoms with Gasteiger partial charge in [0.05, 0.1) is 5.02 Å². The summed E-state index contributed by atoms with van der Waals surface area (Å²) < 4.78 is 22.8. The van der Waals surface area contributed by atoms with Crippen LogP contribution in [0.2, 0.25) is 5.02 Å². The van der Waals surface area contributed by atoms with Crippen LogP contribution in [0, 0.1) is 6.92 Å². The summed E-state index contributed by atoms with van der Waals surface area (Å²) in [6.45, 7) is 7.74. The smallest absolute Gasteiger partial charge is 0.225 e. The van der Waals surface area contributed by atoms with E-state index in [4.69, 9.17) is 16.7 Å². The Bertz CT molecular complexity index is 516. The molecule has 0 unspecified atom stereocenters. The lowest BCUT2D eigenvalue weighted by atomic mass is 9.86. The number of halogens is 1. The number of hydrogen-bond donors (Lipinski definition) is 1. The predicted molar refractivity (Wildman–Crippen MR) is 66.3 cm³/mol. The second-order valence-corrected chi connectivity index (χ2v) is 6.83. The van der Waals surface area contributed by atoms with E-state index in [0.29, 0.717) is 0 Å². The van der Waals surface area contributed by atoms with Crippen LogP contribution in [-0.2, 0) is 15.4 Å². The highest BCUT2D eigenvalue weighted by atomic mass is 35.5. The van der Waals surface area contributed by atoms with E-state index < -0.39 is 10.0 Å². The summed E-state index contributed by atoms with van der Waals surface area (Å²) in [4.78, 5) is -0.000841. The third-order valence-corrected chi connectivity index (χ3v) is 3.75. The van der Waals surface area contributed by atoms with Crippen molar-refractivity contribution in [2.24, 2.45) is 5.14 Å². The van der Waals surface area contributed by atoms with Crippen LogP contribution in [0.5, 0.6) is 0 Å². The maximum Gasteiger partial charge on any atom is 0.239 e. The third kappa shape index (κ3) is 2.75. The first-order valence-electron chi connectivity index (χ1n) is 4.87. The Morgan fingerprint density at radius 1 is 1.25 bits per heavy atom. The van der Waals surface area contributed by atoms with Gasteiger partial charge in [-0.3, -0.25) is 0 Å². The second-order valence-electron chi connectivity index (χ2n) is 4.92. The fourth-order valence-corrected chi connectivity index (χ4v) is 2.91. The highest BCUT2D eigenvalue weighted by molar-refractivity contribution is 7.89. The molecule has 5 heteroatoms. The van der Waals surface area contributed by atoms with E-state index >= 15 is 0 Å². The number of hydrogen-bond acceptors (Lipinski definition) is 2. The molecule has 1 rings (SSSR count). The van der Waals surface area contributed by atoms with Crippen LogP contribution in [0.15, 0.2) is 17.0 Å². The Labute approximate surface area is 102 Å². The molecule has 90 valence electrons. The molecule has 3 nitrogen and oxygen atoms in total. The van der Waals surface area contributed by atoms with E-state index in [9.17, 15) is 8.42 Å². The van der Waals surface area contributed by atoms with E-state index in [-0.39, 0.29) is 15.3 Å². The monoisotopic (exact) mass is 261 g/mol. The Hall–Kier alpha value is -0.580. The summed E-state index contributed by atoms with van der Waals surface area (Å²) in [5.41, 5.74) is 1.40. The molecule has 0 saturated carbocycles. The lowest BCUT2D eigenvalue weighted by Crippen LogP contribution is -2.18. The van der Waals surface area contributed by atoms with Crippen molar-refractivity contribution in [3.8, 4) is 0 Å². The van der Waals surface area contributed by atoms with Crippen LogP contribution in [-0.4, -0.2) is 8.42 Å². The number of nitrogens with two attached hydrogens (primary N) is 1. The van der Waals surface area contributed by atoms with Gasteiger partial charge in [-0.2, -0.15) is 0 Å². The molecule has 0 saturated heterocycles. The molecule has 0 bridgehead atoms. The molecule has 1 aromatic rings. The fourth-order valence-electron chi connectivity index (χ4n) is 1.49. The average molecular weight is 262 g/mol. The van der Waals surface area contributed by atoms with Crippen molar-refractivity contribution in [3.63, 3.8) is 0 Å². The van der Waals surface area contributed by atoms with Gasteiger partial charge in [-0.15, -0.1) is 0 Å². The van der Waals surface area contributed by atoms with Gasteiger partial charge in [-0.05, 0) is 29.5 Å². The minimum Gasteiger partial charge on any atom is -0.225 e. The van der Waals surface area contributed by atoms with Crippen LogP contribution < -0.4 is 5.14 Å². The minimum absolute atomic E-state index is 0.000841. The van der Waals surface area contributed by atoms with Crippen molar-refractivity contribution in [3.05, 3.63) is 28.3 Å². The van der Waals surface area contributed by atoms with Gasteiger partial charge < -0.3 is 0 Å². The second kappa shape index (κ2) is 4.02. The number of rotatable bonds is 1. The van der Waals surface area contributed by atoms with Crippen LogP contribution in [0.4, 0.5) is 0 Å². The standard InChI is InChI=1S/C11H16ClNO2S/c1-7-5-8(11(2,3)4)10(12)9(6-7)16(13,14)15/h5-6H,1-4H3,(H2,13,14,15). The molecule has 0 heterocycles. The lowest BCUT2D eigenvalue weighted by molar-refractivity contribution is 0.584. The minimum atomic E-state index is -3.77. The molecule has 0 spiro atoms. The molecular formula is C11H16ClNO2S. The van der Waals surface area contributed by atoms with E-state index in [1.165, 1.54) is 6.07 Å². The Morgan fingerprint density at radius 3 is 2.12 bits per heavy atom. The Morgan fingerprint density at radius 2 is 1.75 bits per heavy atom. The SMILES string of the molecule is Cc1cc(C(C)(C)C)c(Cl)c(S(N)(=O)=O)c1. The van der Waals surface area contributed by atoms with Gasteiger partial charge in [0, 0.05) is 0 Å². The maximum absolute atomic E-state index is 11.4. The van der Waals surface area contributed by atoms with Gasteiger partial charge in [0.25, 0.3) is 0 Å². The van der Waals surface area contributed by atoms with E-state index in [1.807, 2.05) is 33.8 Å². The molecule has 0 aliphatic rings. The number of primary sulfonamides is 1. The summed E-state index contributed by atoms with van der Waals surface area (Å²) in [6.07, 6.45) is 0. The van der Waals surface area contributed by atoms with Crippen molar-refractivity contribution in [2.75, 3.05) is 0 Å². The normalized spacial score (nSPS) is 12.9. The molecule has 0 aromatic heterocycles. The van der Waals surface area contributed by atoms with Gasteiger partial charge >= 0.3 is 0 Å². The van der Waals surface area contributed by atoms with E-state index in [0.717, 1.165) is 11.1 Å². The Balaban J connectivity index is 3.64. The van der Waals surface area contributed by atoms with Gasteiger partial charge in [0.2, 0.25) is 10.0 Å².